The van der Waals surface area contributed by atoms with Crippen LogP contribution >= 0.6 is 12.2 Å². The van der Waals surface area contributed by atoms with Gasteiger partial charge in [-0.05, 0) is 37.6 Å². The minimum absolute atomic E-state index is 0.240. The predicted octanol–water partition coefficient (Wildman–Crippen LogP) is 2.89. The minimum Gasteiger partial charge on any atom is -0.508 e. The third-order valence-corrected chi connectivity index (χ3v) is 3.34. The Morgan fingerprint density at radius 1 is 1.35 bits per heavy atom. The fourth-order valence-corrected chi connectivity index (χ4v) is 2.16. The molecule has 0 amide bonds. The zero-order valence-corrected chi connectivity index (χ0v) is 12.3. The molecule has 0 fully saturated rings. The van der Waals surface area contributed by atoms with E-state index in [4.69, 9.17) is 18.0 Å². The summed E-state index contributed by atoms with van der Waals surface area (Å²) in [6, 6.07) is 9.03. The van der Waals surface area contributed by atoms with E-state index in [1.807, 2.05) is 36.9 Å². The molecule has 0 bridgehead atoms. The van der Waals surface area contributed by atoms with Gasteiger partial charge < -0.3 is 15.7 Å². The van der Waals surface area contributed by atoms with Gasteiger partial charge in [-0.25, -0.2) is 4.98 Å². The molecule has 0 spiro atoms. The monoisotopic (exact) mass is 287 g/mol. The molecule has 3 N–H and O–H groups in total. The van der Waals surface area contributed by atoms with Gasteiger partial charge in [0.05, 0.1) is 0 Å². The first-order valence-electron chi connectivity index (χ1n) is 6.36. The molecule has 0 saturated carbocycles. The molecule has 2 aromatic rings. The van der Waals surface area contributed by atoms with E-state index in [1.165, 1.54) is 0 Å². The van der Waals surface area contributed by atoms with Gasteiger partial charge in [0.2, 0.25) is 0 Å². The van der Waals surface area contributed by atoms with Gasteiger partial charge in [-0.2, -0.15) is 0 Å². The number of pyridine rings is 1. The molecule has 5 heteroatoms. The predicted molar refractivity (Wildman–Crippen MR) is 85.6 cm³/mol. The van der Waals surface area contributed by atoms with Crippen LogP contribution in [0.4, 0.5) is 11.5 Å². The van der Waals surface area contributed by atoms with Crippen molar-refractivity contribution in [3.63, 3.8) is 0 Å². The van der Waals surface area contributed by atoms with E-state index >= 15 is 0 Å². The van der Waals surface area contributed by atoms with Gasteiger partial charge in [0, 0.05) is 30.1 Å². The van der Waals surface area contributed by atoms with Gasteiger partial charge in [-0.3, -0.25) is 0 Å². The highest BCUT2D eigenvalue weighted by atomic mass is 32.1. The normalized spacial score (nSPS) is 10.3. The summed E-state index contributed by atoms with van der Waals surface area (Å²) in [7, 11) is 0. The van der Waals surface area contributed by atoms with Gasteiger partial charge in [0.1, 0.15) is 16.6 Å². The smallest absolute Gasteiger partial charge is 0.132 e. The third kappa shape index (κ3) is 2.88. The summed E-state index contributed by atoms with van der Waals surface area (Å²) in [4.78, 5) is 6.76. The van der Waals surface area contributed by atoms with Crippen molar-refractivity contribution in [1.82, 2.24) is 4.98 Å². The number of phenolic OH excluding ortho intramolecular Hbond substituents is 1. The van der Waals surface area contributed by atoms with Crippen LogP contribution in [0.3, 0.4) is 0 Å². The minimum atomic E-state index is 0.240. The molecular formula is C15H17N3OS. The van der Waals surface area contributed by atoms with Crippen LogP contribution in [0, 0.1) is 6.92 Å². The summed E-state index contributed by atoms with van der Waals surface area (Å²) in [5.41, 5.74) is 8.32. The van der Waals surface area contributed by atoms with Crippen LogP contribution in [-0.2, 0) is 0 Å². The highest BCUT2D eigenvalue weighted by Crippen LogP contribution is 2.29. The molecule has 0 radical (unpaired) electrons. The highest BCUT2D eigenvalue weighted by molar-refractivity contribution is 7.80. The number of benzene rings is 1. The molecule has 0 saturated heterocycles. The zero-order chi connectivity index (χ0) is 14.7. The van der Waals surface area contributed by atoms with Crippen molar-refractivity contribution in [1.29, 1.82) is 0 Å². The molecule has 0 aliphatic carbocycles. The van der Waals surface area contributed by atoms with Crippen molar-refractivity contribution in [3.8, 4) is 5.75 Å². The molecule has 1 aromatic carbocycles. The number of aromatic hydroxyl groups is 1. The molecule has 20 heavy (non-hydrogen) atoms. The maximum Gasteiger partial charge on any atom is 0.132 e. The van der Waals surface area contributed by atoms with Gasteiger partial charge in [-0.15, -0.1) is 0 Å². The van der Waals surface area contributed by atoms with Gasteiger partial charge >= 0.3 is 0 Å². The second-order valence-corrected chi connectivity index (χ2v) is 4.92. The van der Waals surface area contributed by atoms with Gasteiger partial charge in [0.15, 0.2) is 0 Å². The van der Waals surface area contributed by atoms with Crippen molar-refractivity contribution < 1.29 is 5.11 Å². The Balaban J connectivity index is 2.41. The summed E-state index contributed by atoms with van der Waals surface area (Å²) < 4.78 is 0. The van der Waals surface area contributed by atoms with E-state index in [0.717, 1.165) is 29.2 Å². The lowest BCUT2D eigenvalue weighted by atomic mass is 10.1. The quantitative estimate of drug-likeness (QED) is 0.847. The first-order valence-corrected chi connectivity index (χ1v) is 6.76. The summed E-state index contributed by atoms with van der Waals surface area (Å²) >= 11 is 4.92. The van der Waals surface area contributed by atoms with Crippen LogP contribution < -0.4 is 10.6 Å². The number of thiocarbonyl (C=S) groups is 1. The van der Waals surface area contributed by atoms with Crippen molar-refractivity contribution in [3.05, 3.63) is 47.7 Å². The SMILES string of the molecule is CCN(c1ccc(C(N)=S)cn1)c1cc(O)ccc1C. The number of nitrogens with two attached hydrogens (primary N) is 1. The van der Waals surface area contributed by atoms with Crippen LogP contribution in [0.1, 0.15) is 18.1 Å². The zero-order valence-electron chi connectivity index (χ0n) is 11.5. The Morgan fingerprint density at radius 2 is 2.10 bits per heavy atom. The maximum atomic E-state index is 9.67. The molecule has 0 aliphatic rings. The number of rotatable bonds is 4. The number of aromatic nitrogens is 1. The first-order chi connectivity index (χ1) is 9.52. The maximum absolute atomic E-state index is 9.67. The standard InChI is InChI=1S/C15H17N3OS/c1-3-18(13-8-12(19)6-4-10(13)2)14-7-5-11(9-17-14)15(16)20/h4-9,19H,3H2,1-2H3,(H2,16,20). The summed E-state index contributed by atoms with van der Waals surface area (Å²) in [5, 5.41) is 9.67. The van der Waals surface area contributed by atoms with Crippen LogP contribution in [0.25, 0.3) is 0 Å². The Bertz CT molecular complexity index is 626. The molecule has 2 rings (SSSR count). The summed E-state index contributed by atoms with van der Waals surface area (Å²) in [5.74, 6) is 1.03. The largest absolute Gasteiger partial charge is 0.508 e. The molecule has 0 atom stereocenters. The Labute approximate surface area is 123 Å². The number of nitrogens with zero attached hydrogens (tertiary/aromatic N) is 2. The Hall–Kier alpha value is -2.14. The van der Waals surface area contributed by atoms with Crippen molar-refractivity contribution in [2.75, 3.05) is 11.4 Å². The van der Waals surface area contributed by atoms with E-state index < -0.39 is 0 Å². The first kappa shape index (κ1) is 14.3. The van der Waals surface area contributed by atoms with E-state index in [-0.39, 0.29) is 5.75 Å². The van der Waals surface area contributed by atoms with Crippen LogP contribution in [-0.4, -0.2) is 21.6 Å². The summed E-state index contributed by atoms with van der Waals surface area (Å²) in [6.07, 6.45) is 1.67. The molecule has 4 nitrogen and oxygen atoms in total. The molecular weight excluding hydrogens is 270 g/mol. The van der Waals surface area contributed by atoms with Gasteiger partial charge in [-0.1, -0.05) is 18.3 Å². The average molecular weight is 287 g/mol. The molecule has 0 unspecified atom stereocenters. The van der Waals surface area contributed by atoms with Crippen molar-refractivity contribution in [2.45, 2.75) is 13.8 Å². The van der Waals surface area contributed by atoms with Crippen LogP contribution in [0.2, 0.25) is 0 Å². The molecule has 0 aliphatic heterocycles. The van der Waals surface area contributed by atoms with E-state index in [9.17, 15) is 5.11 Å². The van der Waals surface area contributed by atoms with Crippen LogP contribution in [0.5, 0.6) is 5.75 Å². The molecule has 1 heterocycles. The van der Waals surface area contributed by atoms with Crippen molar-refractivity contribution >= 4 is 28.7 Å². The second kappa shape index (κ2) is 5.88. The Kier molecular flexibility index (Phi) is 4.20. The number of aryl methyl sites for hydroxylation is 1. The van der Waals surface area contributed by atoms with Crippen molar-refractivity contribution in [2.24, 2.45) is 5.73 Å². The number of hydrogen-bond acceptors (Lipinski definition) is 4. The lowest BCUT2D eigenvalue weighted by Gasteiger charge is -2.24. The van der Waals surface area contributed by atoms with Gasteiger partial charge in [0.25, 0.3) is 0 Å². The molecule has 104 valence electrons. The van der Waals surface area contributed by atoms with Crippen LogP contribution in [0.15, 0.2) is 36.5 Å². The van der Waals surface area contributed by atoms with E-state index in [2.05, 4.69) is 4.98 Å². The average Bonchev–Trinajstić information content (AvgIpc) is 2.44. The fraction of sp³-hybridized carbons (Fsp3) is 0.200. The Morgan fingerprint density at radius 3 is 2.65 bits per heavy atom. The lowest BCUT2D eigenvalue weighted by Crippen LogP contribution is -2.19. The number of phenols is 1. The number of hydrogen-bond donors (Lipinski definition) is 2. The highest BCUT2D eigenvalue weighted by Gasteiger charge is 2.12. The topological polar surface area (TPSA) is 62.4 Å². The lowest BCUT2D eigenvalue weighted by molar-refractivity contribution is 0.475. The third-order valence-electron chi connectivity index (χ3n) is 3.11. The fourth-order valence-electron chi connectivity index (χ4n) is 2.04. The second-order valence-electron chi connectivity index (χ2n) is 4.48. The van der Waals surface area contributed by atoms with E-state index in [1.54, 1.807) is 18.3 Å². The number of anilines is 2. The summed E-state index contributed by atoms with van der Waals surface area (Å²) in [6.45, 7) is 4.77. The molecule has 1 aromatic heterocycles. The van der Waals surface area contributed by atoms with E-state index in [0.29, 0.717) is 4.99 Å².